The highest BCUT2D eigenvalue weighted by Crippen LogP contribution is 2.23. The van der Waals surface area contributed by atoms with E-state index in [-0.39, 0.29) is 10.9 Å². The van der Waals surface area contributed by atoms with Gasteiger partial charge in [0.25, 0.3) is 0 Å². The molecule has 0 aliphatic heterocycles. The van der Waals surface area contributed by atoms with E-state index in [1.807, 2.05) is 12.1 Å². The van der Waals surface area contributed by atoms with Crippen molar-refractivity contribution in [1.82, 2.24) is 0 Å². The fraction of sp³-hybridized carbons (Fsp3) is 0.188. The summed E-state index contributed by atoms with van der Waals surface area (Å²) in [6.45, 7) is 0. The summed E-state index contributed by atoms with van der Waals surface area (Å²) in [6, 6.07) is 9.51. The average molecular weight is 355 g/mol. The summed E-state index contributed by atoms with van der Waals surface area (Å²) in [5.74, 6) is -1.53. The lowest BCUT2D eigenvalue weighted by atomic mass is 10.0. The van der Waals surface area contributed by atoms with E-state index < -0.39 is 23.0 Å². The number of carbonyl (C=O) groups excluding carboxylic acids is 1. The molecule has 2 rings (SSSR count). The molecule has 0 aromatic heterocycles. The van der Waals surface area contributed by atoms with Gasteiger partial charge in [0.15, 0.2) is 11.6 Å². The maximum absolute atomic E-state index is 13.8. The monoisotopic (exact) mass is 354 g/mol. The van der Waals surface area contributed by atoms with Gasteiger partial charge in [0, 0.05) is 6.42 Å². The fourth-order valence-corrected chi connectivity index (χ4v) is 2.29. The molecule has 0 spiro atoms. The van der Waals surface area contributed by atoms with Crippen molar-refractivity contribution in [3.8, 4) is 5.75 Å². The molecule has 0 amide bonds. The van der Waals surface area contributed by atoms with Crippen LogP contribution in [0, 0.1) is 11.6 Å². The van der Waals surface area contributed by atoms with Gasteiger partial charge in [-0.15, -0.1) is 0 Å². The number of hydrogen-bond donors (Lipinski definition) is 0. The van der Waals surface area contributed by atoms with Crippen LogP contribution in [0.25, 0.3) is 0 Å². The zero-order valence-corrected chi connectivity index (χ0v) is 12.9. The summed E-state index contributed by atoms with van der Waals surface area (Å²) < 4.78 is 32.5. The summed E-state index contributed by atoms with van der Waals surface area (Å²) in [5.41, 5.74) is 0.415. The van der Waals surface area contributed by atoms with Gasteiger partial charge in [-0.1, -0.05) is 12.1 Å². The van der Waals surface area contributed by atoms with Gasteiger partial charge in [0.05, 0.1) is 17.1 Å². The third-order valence-electron chi connectivity index (χ3n) is 3.12. The van der Waals surface area contributed by atoms with Gasteiger partial charge in [-0.2, -0.15) is 0 Å². The average Bonchev–Trinajstić information content (AvgIpc) is 2.50. The van der Waals surface area contributed by atoms with E-state index in [2.05, 4.69) is 15.9 Å². The van der Waals surface area contributed by atoms with Crippen LogP contribution >= 0.6 is 15.9 Å². The highest BCUT2D eigenvalue weighted by molar-refractivity contribution is 9.10. The van der Waals surface area contributed by atoms with Crippen LogP contribution in [0.1, 0.15) is 22.3 Å². The summed E-state index contributed by atoms with van der Waals surface area (Å²) in [7, 11) is 1.57. The van der Waals surface area contributed by atoms with Crippen LogP contribution in [0.4, 0.5) is 8.78 Å². The predicted molar refractivity (Wildman–Crippen MR) is 79.7 cm³/mol. The normalized spacial score (nSPS) is 10.5. The van der Waals surface area contributed by atoms with Crippen LogP contribution in [0.2, 0.25) is 0 Å². The molecule has 0 unspecified atom stereocenters. The molecule has 2 aromatic rings. The van der Waals surface area contributed by atoms with Gasteiger partial charge in [0.2, 0.25) is 0 Å². The number of carbonyl (C=O) groups is 1. The number of halogens is 3. The lowest BCUT2D eigenvalue weighted by Crippen LogP contribution is -2.07. The molecule has 0 saturated carbocycles. The Morgan fingerprint density at radius 3 is 2.43 bits per heavy atom. The molecule has 0 atom stereocenters. The first kappa shape index (κ1) is 15.6. The number of Topliss-reactive ketones (excluding diaryl/α,β-unsaturated/α-hetero) is 1. The quantitative estimate of drug-likeness (QED) is 0.581. The lowest BCUT2D eigenvalue weighted by Gasteiger charge is -2.06. The van der Waals surface area contributed by atoms with Crippen molar-refractivity contribution in [1.29, 1.82) is 0 Å². The lowest BCUT2D eigenvalue weighted by molar-refractivity contribution is 0.0974. The van der Waals surface area contributed by atoms with Crippen LogP contribution in [-0.4, -0.2) is 12.9 Å². The molecule has 0 aliphatic carbocycles. The van der Waals surface area contributed by atoms with Crippen molar-refractivity contribution in [2.75, 3.05) is 7.11 Å². The summed E-state index contributed by atoms with van der Waals surface area (Å²) in [5, 5.41) is 0. The molecular weight excluding hydrogens is 342 g/mol. The summed E-state index contributed by atoms with van der Waals surface area (Å²) >= 11 is 2.95. The Kier molecular flexibility index (Phi) is 5.07. The molecule has 0 radical (unpaired) electrons. The van der Waals surface area contributed by atoms with Gasteiger partial charge in [-0.05, 0) is 52.2 Å². The highest BCUT2D eigenvalue weighted by Gasteiger charge is 2.19. The summed E-state index contributed by atoms with van der Waals surface area (Å²) in [6.07, 6.45) is 0.449. The van der Waals surface area contributed by atoms with Crippen LogP contribution < -0.4 is 4.74 Å². The third-order valence-corrected chi connectivity index (χ3v) is 3.74. The Hall–Kier alpha value is -1.75. The minimum atomic E-state index is -0.852. The van der Waals surface area contributed by atoms with Gasteiger partial charge in [0.1, 0.15) is 11.6 Å². The molecule has 0 aliphatic rings. The highest BCUT2D eigenvalue weighted by atomic mass is 79.9. The maximum Gasteiger partial charge on any atom is 0.169 e. The Morgan fingerprint density at radius 1 is 1.14 bits per heavy atom. The molecule has 21 heavy (non-hydrogen) atoms. The largest absolute Gasteiger partial charge is 0.497 e. The number of ketones is 1. The van der Waals surface area contributed by atoms with Crippen molar-refractivity contribution < 1.29 is 18.3 Å². The Morgan fingerprint density at radius 2 is 1.81 bits per heavy atom. The minimum Gasteiger partial charge on any atom is -0.497 e. The first-order valence-corrected chi connectivity index (χ1v) is 7.12. The third kappa shape index (κ3) is 3.67. The SMILES string of the molecule is COc1ccc(CCC(=O)c2c(F)ccc(Br)c2F)cc1. The van der Waals surface area contributed by atoms with Gasteiger partial charge in [-0.3, -0.25) is 4.79 Å². The number of rotatable bonds is 5. The number of ether oxygens (including phenoxy) is 1. The van der Waals surface area contributed by atoms with E-state index in [0.717, 1.165) is 11.6 Å². The molecule has 0 saturated heterocycles. The van der Waals surface area contributed by atoms with E-state index >= 15 is 0 Å². The van der Waals surface area contributed by atoms with E-state index in [9.17, 15) is 13.6 Å². The first-order valence-electron chi connectivity index (χ1n) is 6.32. The number of methoxy groups -OCH3 is 1. The fourth-order valence-electron chi connectivity index (χ4n) is 1.96. The second-order valence-electron chi connectivity index (χ2n) is 4.49. The molecule has 5 heteroatoms. The van der Waals surface area contributed by atoms with Crippen molar-refractivity contribution in [2.24, 2.45) is 0 Å². The summed E-state index contributed by atoms with van der Waals surface area (Å²) in [4.78, 5) is 12.0. The van der Waals surface area contributed by atoms with Crippen molar-refractivity contribution >= 4 is 21.7 Å². The molecule has 0 bridgehead atoms. The zero-order valence-electron chi connectivity index (χ0n) is 11.3. The molecule has 0 fully saturated rings. The second-order valence-corrected chi connectivity index (χ2v) is 5.34. The Labute approximate surface area is 129 Å². The van der Waals surface area contributed by atoms with Crippen LogP contribution in [0.5, 0.6) is 5.75 Å². The van der Waals surface area contributed by atoms with Crippen LogP contribution in [0.15, 0.2) is 40.9 Å². The minimum absolute atomic E-state index is 0.0383. The number of benzene rings is 2. The number of aryl methyl sites for hydroxylation is 1. The molecule has 2 nitrogen and oxygen atoms in total. The molecular formula is C16H13BrF2O2. The molecule has 0 N–H and O–H groups in total. The molecule has 2 aromatic carbocycles. The smallest absolute Gasteiger partial charge is 0.169 e. The van der Waals surface area contributed by atoms with Gasteiger partial charge in [-0.25, -0.2) is 8.78 Å². The maximum atomic E-state index is 13.8. The molecule has 0 heterocycles. The van der Waals surface area contributed by atoms with E-state index in [4.69, 9.17) is 4.74 Å². The Balaban J connectivity index is 2.10. The zero-order chi connectivity index (χ0) is 15.4. The van der Waals surface area contributed by atoms with Gasteiger partial charge < -0.3 is 4.74 Å². The topological polar surface area (TPSA) is 26.3 Å². The van der Waals surface area contributed by atoms with Crippen LogP contribution in [0.3, 0.4) is 0 Å². The Bertz CT molecular complexity index is 654. The van der Waals surface area contributed by atoms with Gasteiger partial charge >= 0.3 is 0 Å². The van der Waals surface area contributed by atoms with Crippen LogP contribution in [-0.2, 0) is 6.42 Å². The van der Waals surface area contributed by atoms with Crippen molar-refractivity contribution in [3.63, 3.8) is 0 Å². The second kappa shape index (κ2) is 6.80. The number of hydrogen-bond acceptors (Lipinski definition) is 2. The molecule has 110 valence electrons. The first-order chi connectivity index (χ1) is 10.0. The van der Waals surface area contributed by atoms with E-state index in [1.54, 1.807) is 19.2 Å². The van der Waals surface area contributed by atoms with Crippen molar-refractivity contribution in [2.45, 2.75) is 12.8 Å². The standard InChI is InChI=1S/C16H13BrF2O2/c1-21-11-5-2-10(3-6-11)4-9-14(20)15-13(18)8-7-12(17)16(15)19/h2-3,5-8H,4,9H2,1H3. The van der Waals surface area contributed by atoms with E-state index in [1.165, 1.54) is 6.07 Å². The van der Waals surface area contributed by atoms with E-state index in [0.29, 0.717) is 12.2 Å². The van der Waals surface area contributed by atoms with Crippen molar-refractivity contribution in [3.05, 3.63) is 63.6 Å². The predicted octanol–water partition coefficient (Wildman–Crippen LogP) is 4.55.